The number of aromatic nitrogens is 2. The number of carbonyl (C=O) groups excluding carboxylic acids is 1. The van der Waals surface area contributed by atoms with E-state index in [1.165, 1.54) is 12.1 Å². The Balaban J connectivity index is 1.12. The van der Waals surface area contributed by atoms with E-state index < -0.39 is 5.82 Å². The van der Waals surface area contributed by atoms with Crippen LogP contribution in [-0.4, -0.2) is 53.5 Å². The summed E-state index contributed by atoms with van der Waals surface area (Å²) in [5.74, 6) is 1.70. The minimum absolute atomic E-state index is 0.113. The van der Waals surface area contributed by atoms with E-state index in [1.807, 2.05) is 24.3 Å². The van der Waals surface area contributed by atoms with E-state index in [4.69, 9.17) is 14.0 Å². The summed E-state index contributed by atoms with van der Waals surface area (Å²) < 4.78 is 30.4. The van der Waals surface area contributed by atoms with Gasteiger partial charge in [0.05, 0.1) is 18.8 Å². The number of likely N-dealkylation sites (tertiary alicyclic amines) is 1. The molecule has 0 radical (unpaired) electrons. The standard InChI is InChI=1S/C23H23FN4O4/c24-19-3-1-2-4-20(19)25-23(29)28-13-18(14-28)31-17-7-5-15(6-8-17)21-26-22(32-27-21)16-9-11-30-12-10-16/h1-8,16,18H,9-14H2,(H,25,29). The Bertz CT molecular complexity index is 1080. The summed E-state index contributed by atoms with van der Waals surface area (Å²) in [4.78, 5) is 18.3. The normalized spacial score (nSPS) is 17.1. The molecule has 5 rings (SSSR count). The zero-order valence-corrected chi connectivity index (χ0v) is 17.4. The topological polar surface area (TPSA) is 89.7 Å². The maximum absolute atomic E-state index is 13.7. The Morgan fingerprint density at radius 3 is 2.59 bits per heavy atom. The van der Waals surface area contributed by atoms with Crippen molar-refractivity contribution in [3.05, 3.63) is 60.2 Å². The van der Waals surface area contributed by atoms with Gasteiger partial charge in [0.2, 0.25) is 11.7 Å². The van der Waals surface area contributed by atoms with Crippen molar-refractivity contribution in [2.75, 3.05) is 31.6 Å². The van der Waals surface area contributed by atoms with Crippen molar-refractivity contribution in [3.63, 3.8) is 0 Å². The van der Waals surface area contributed by atoms with Crippen molar-refractivity contribution in [3.8, 4) is 17.1 Å². The number of hydrogen-bond acceptors (Lipinski definition) is 6. The van der Waals surface area contributed by atoms with Crippen LogP contribution in [0, 0.1) is 5.82 Å². The van der Waals surface area contributed by atoms with Crippen LogP contribution in [-0.2, 0) is 4.74 Å². The second-order valence-electron chi connectivity index (χ2n) is 7.92. The number of nitrogens with zero attached hydrogens (tertiary/aromatic N) is 3. The third-order valence-electron chi connectivity index (χ3n) is 5.68. The Kier molecular flexibility index (Phi) is 5.72. The Labute approximate surface area is 184 Å². The van der Waals surface area contributed by atoms with E-state index in [9.17, 15) is 9.18 Å². The number of carbonyl (C=O) groups is 1. The first-order valence-corrected chi connectivity index (χ1v) is 10.6. The van der Waals surface area contributed by atoms with Crippen molar-refractivity contribution in [1.29, 1.82) is 0 Å². The lowest BCUT2D eigenvalue weighted by Gasteiger charge is -2.38. The van der Waals surface area contributed by atoms with Gasteiger partial charge in [0.25, 0.3) is 0 Å². The molecule has 3 aromatic rings. The highest BCUT2D eigenvalue weighted by molar-refractivity contribution is 5.90. The molecule has 2 fully saturated rings. The van der Waals surface area contributed by atoms with Crippen molar-refractivity contribution in [2.45, 2.75) is 24.9 Å². The van der Waals surface area contributed by atoms with Crippen molar-refractivity contribution in [2.24, 2.45) is 0 Å². The second kappa shape index (κ2) is 8.96. The summed E-state index contributed by atoms with van der Waals surface area (Å²) >= 11 is 0. The molecule has 0 aliphatic carbocycles. The molecular formula is C23H23FN4O4. The van der Waals surface area contributed by atoms with Crippen molar-refractivity contribution >= 4 is 11.7 Å². The van der Waals surface area contributed by atoms with Crippen LogP contribution in [0.25, 0.3) is 11.4 Å². The molecule has 2 amide bonds. The third-order valence-corrected chi connectivity index (χ3v) is 5.68. The first kappa shape index (κ1) is 20.4. The highest BCUT2D eigenvalue weighted by atomic mass is 19.1. The molecule has 1 aromatic heterocycles. The van der Waals surface area contributed by atoms with Gasteiger partial charge in [-0.2, -0.15) is 4.98 Å². The number of halogens is 1. The molecule has 2 aromatic carbocycles. The van der Waals surface area contributed by atoms with E-state index in [0.717, 1.165) is 31.6 Å². The monoisotopic (exact) mass is 438 g/mol. The summed E-state index contributed by atoms with van der Waals surface area (Å²) in [5.41, 5.74) is 1.01. The number of urea groups is 1. The molecule has 32 heavy (non-hydrogen) atoms. The van der Waals surface area contributed by atoms with E-state index in [1.54, 1.807) is 17.0 Å². The van der Waals surface area contributed by atoms with Gasteiger partial charge in [-0.25, -0.2) is 9.18 Å². The highest BCUT2D eigenvalue weighted by Gasteiger charge is 2.32. The van der Waals surface area contributed by atoms with Gasteiger partial charge < -0.3 is 24.2 Å². The van der Waals surface area contributed by atoms with Gasteiger partial charge >= 0.3 is 6.03 Å². The molecule has 0 bridgehead atoms. The van der Waals surface area contributed by atoms with Crippen LogP contribution in [0.2, 0.25) is 0 Å². The second-order valence-corrected chi connectivity index (χ2v) is 7.92. The largest absolute Gasteiger partial charge is 0.487 e. The van der Waals surface area contributed by atoms with Gasteiger partial charge in [-0.3, -0.25) is 0 Å². The van der Waals surface area contributed by atoms with Gasteiger partial charge in [-0.05, 0) is 49.2 Å². The SMILES string of the molecule is O=C(Nc1ccccc1F)N1CC(Oc2ccc(-c3noc(C4CCOCC4)n3)cc2)C1. The number of benzene rings is 2. The fourth-order valence-corrected chi connectivity index (χ4v) is 3.77. The van der Waals surface area contributed by atoms with Crippen LogP contribution >= 0.6 is 0 Å². The number of para-hydroxylation sites is 1. The molecule has 2 saturated heterocycles. The van der Waals surface area contributed by atoms with Gasteiger partial charge in [-0.15, -0.1) is 0 Å². The fraction of sp³-hybridized carbons (Fsp3) is 0.348. The van der Waals surface area contributed by atoms with E-state index in [-0.39, 0.29) is 23.7 Å². The zero-order chi connectivity index (χ0) is 21.9. The van der Waals surface area contributed by atoms with Crippen LogP contribution in [0.1, 0.15) is 24.7 Å². The Morgan fingerprint density at radius 2 is 1.84 bits per heavy atom. The maximum Gasteiger partial charge on any atom is 0.322 e. The first-order valence-electron chi connectivity index (χ1n) is 10.6. The number of amides is 2. The number of rotatable bonds is 5. The van der Waals surface area contributed by atoms with E-state index in [0.29, 0.717) is 30.6 Å². The fourth-order valence-electron chi connectivity index (χ4n) is 3.77. The maximum atomic E-state index is 13.7. The molecule has 8 nitrogen and oxygen atoms in total. The van der Waals surface area contributed by atoms with Gasteiger partial charge in [0, 0.05) is 24.7 Å². The van der Waals surface area contributed by atoms with Crippen LogP contribution < -0.4 is 10.1 Å². The summed E-state index contributed by atoms with van der Waals surface area (Å²) in [7, 11) is 0. The van der Waals surface area contributed by atoms with Crippen molar-refractivity contribution < 1.29 is 23.2 Å². The average molecular weight is 438 g/mol. The molecule has 3 heterocycles. The molecule has 1 N–H and O–H groups in total. The number of nitrogens with one attached hydrogen (secondary N) is 1. The molecule has 0 saturated carbocycles. The molecule has 9 heteroatoms. The van der Waals surface area contributed by atoms with Crippen molar-refractivity contribution in [1.82, 2.24) is 15.0 Å². The molecule has 2 aliphatic rings. The minimum atomic E-state index is -0.462. The zero-order valence-electron chi connectivity index (χ0n) is 17.4. The van der Waals surface area contributed by atoms with Gasteiger partial charge in [-0.1, -0.05) is 17.3 Å². The summed E-state index contributed by atoms with van der Waals surface area (Å²) in [6, 6.07) is 13.2. The van der Waals surface area contributed by atoms with Crippen LogP contribution in [0.15, 0.2) is 53.1 Å². The quantitative estimate of drug-likeness (QED) is 0.646. The average Bonchev–Trinajstić information content (AvgIpc) is 3.29. The van der Waals surface area contributed by atoms with Crippen LogP contribution in [0.3, 0.4) is 0 Å². The lowest BCUT2D eigenvalue weighted by molar-refractivity contribution is 0.0493. The molecule has 0 atom stereocenters. The Hall–Kier alpha value is -3.46. The lowest BCUT2D eigenvalue weighted by Crippen LogP contribution is -2.57. The van der Waals surface area contributed by atoms with Gasteiger partial charge in [0.15, 0.2) is 0 Å². The molecule has 0 unspecified atom stereocenters. The smallest absolute Gasteiger partial charge is 0.322 e. The van der Waals surface area contributed by atoms with Gasteiger partial charge in [0.1, 0.15) is 17.7 Å². The summed E-state index contributed by atoms with van der Waals surface area (Å²) in [6.45, 7) is 2.30. The third kappa shape index (κ3) is 4.43. The molecule has 2 aliphatic heterocycles. The predicted octanol–water partition coefficient (Wildman–Crippen LogP) is 4.06. The minimum Gasteiger partial charge on any atom is -0.487 e. The molecule has 166 valence electrons. The van der Waals surface area contributed by atoms with Crippen LogP contribution in [0.5, 0.6) is 5.75 Å². The number of hydrogen-bond donors (Lipinski definition) is 1. The predicted molar refractivity (Wildman–Crippen MR) is 114 cm³/mol. The summed E-state index contributed by atoms with van der Waals surface area (Å²) in [5, 5.41) is 6.68. The number of ether oxygens (including phenoxy) is 2. The highest BCUT2D eigenvalue weighted by Crippen LogP contribution is 2.28. The Morgan fingerprint density at radius 1 is 1.09 bits per heavy atom. The lowest BCUT2D eigenvalue weighted by atomic mass is 10.0. The first-order chi connectivity index (χ1) is 15.7. The summed E-state index contributed by atoms with van der Waals surface area (Å²) in [6.07, 6.45) is 1.67. The van der Waals surface area contributed by atoms with E-state index in [2.05, 4.69) is 15.5 Å². The van der Waals surface area contributed by atoms with Crippen LogP contribution in [0.4, 0.5) is 14.9 Å². The number of anilines is 1. The van der Waals surface area contributed by atoms with E-state index >= 15 is 0 Å². The molecular weight excluding hydrogens is 415 g/mol. The molecule has 0 spiro atoms.